The van der Waals surface area contributed by atoms with Gasteiger partial charge < -0.3 is 25.8 Å². The van der Waals surface area contributed by atoms with Gasteiger partial charge in [-0.3, -0.25) is 4.79 Å². The zero-order valence-electron chi connectivity index (χ0n) is 26.2. The van der Waals surface area contributed by atoms with Crippen molar-refractivity contribution in [2.24, 2.45) is 17.8 Å². The van der Waals surface area contributed by atoms with Gasteiger partial charge in [0.2, 0.25) is 5.91 Å². The predicted octanol–water partition coefficient (Wildman–Crippen LogP) is 7.26. The van der Waals surface area contributed by atoms with Gasteiger partial charge in [0.1, 0.15) is 12.6 Å². The molecule has 43 heavy (non-hydrogen) atoms. The van der Waals surface area contributed by atoms with Crippen molar-refractivity contribution in [3.05, 3.63) is 77.9 Å². The molecule has 7 nitrogen and oxygen atoms in total. The van der Waals surface area contributed by atoms with Crippen LogP contribution in [0, 0.1) is 23.2 Å². The fourth-order valence-corrected chi connectivity index (χ4v) is 6.53. The molecule has 2 aliphatic rings. The Bertz CT molecular complexity index is 1420. The van der Waals surface area contributed by atoms with Crippen molar-refractivity contribution in [1.82, 2.24) is 15.3 Å². The molecule has 3 aromatic rings. The molecule has 1 aromatic heterocycles. The first kappa shape index (κ1) is 31.1. The molecule has 0 saturated heterocycles. The molecule has 230 valence electrons. The molecule has 0 aliphatic heterocycles. The highest BCUT2D eigenvalue weighted by atomic mass is 32.3. The van der Waals surface area contributed by atoms with Gasteiger partial charge in [0.15, 0.2) is 0 Å². The van der Waals surface area contributed by atoms with Gasteiger partial charge in [0.05, 0.1) is 18.2 Å². The van der Waals surface area contributed by atoms with E-state index in [-0.39, 0.29) is 11.8 Å². The summed E-state index contributed by atoms with van der Waals surface area (Å²) in [7, 11) is -0.584. The zero-order chi connectivity index (χ0) is 30.6. The van der Waals surface area contributed by atoms with Gasteiger partial charge in [-0.1, -0.05) is 42.5 Å². The van der Waals surface area contributed by atoms with Crippen molar-refractivity contribution in [3.63, 3.8) is 0 Å². The number of rotatable bonds is 15. The molecule has 1 atom stereocenters. The summed E-state index contributed by atoms with van der Waals surface area (Å²) in [6, 6.07) is 17.9. The third-order valence-corrected chi connectivity index (χ3v) is 9.82. The van der Waals surface area contributed by atoms with E-state index in [1.54, 1.807) is 6.92 Å². The fourth-order valence-electron chi connectivity index (χ4n) is 5.91. The number of carbonyl (C=O) groups excluding carboxylic acids is 1. The van der Waals surface area contributed by atoms with E-state index in [2.05, 4.69) is 34.4 Å². The highest BCUT2D eigenvalue weighted by molar-refractivity contribution is 8.32. The number of imidazole rings is 1. The van der Waals surface area contributed by atoms with Crippen LogP contribution in [0.1, 0.15) is 56.8 Å². The monoisotopic (exact) mass is 601 g/mol. The van der Waals surface area contributed by atoms with Gasteiger partial charge in [-0.05, 0) is 93.7 Å². The maximum absolute atomic E-state index is 14.0. The predicted molar refractivity (Wildman–Crippen MR) is 181 cm³/mol. The lowest BCUT2D eigenvalue weighted by Gasteiger charge is -2.25. The first-order valence-corrected chi connectivity index (χ1v) is 18.4. The minimum absolute atomic E-state index is 0.00315. The third-order valence-electron chi connectivity index (χ3n) is 8.43. The second-order valence-corrected chi connectivity index (χ2v) is 17.6. The summed E-state index contributed by atoms with van der Waals surface area (Å²) in [5, 5.41) is 15.0. The third kappa shape index (κ3) is 8.39. The van der Waals surface area contributed by atoms with Gasteiger partial charge in [-0.15, -0.1) is 0 Å². The van der Waals surface area contributed by atoms with Gasteiger partial charge in [0, 0.05) is 40.2 Å². The van der Waals surface area contributed by atoms with E-state index in [1.165, 1.54) is 25.7 Å². The van der Waals surface area contributed by atoms with Gasteiger partial charge in [0.25, 0.3) is 0 Å². The number of hydrogen-bond acceptors (Lipinski definition) is 5. The molecule has 1 unspecified atom stereocenters. The zero-order valence-corrected chi connectivity index (χ0v) is 27.0. The second-order valence-electron chi connectivity index (χ2n) is 13.0. The lowest BCUT2D eigenvalue weighted by atomic mass is 9.82. The molecule has 0 spiro atoms. The molecule has 2 saturated carbocycles. The highest BCUT2D eigenvalue weighted by Crippen LogP contribution is 2.54. The molecule has 1 amide bonds. The molecular formula is C35H47N5O2S. The first-order valence-electron chi connectivity index (χ1n) is 15.4. The molecule has 0 bridgehead atoms. The molecule has 5 rings (SSSR count). The summed E-state index contributed by atoms with van der Waals surface area (Å²) in [5.41, 5.74) is 5.81. The Morgan fingerprint density at radius 1 is 1.02 bits per heavy atom. The van der Waals surface area contributed by atoms with Gasteiger partial charge >= 0.3 is 0 Å². The van der Waals surface area contributed by atoms with E-state index < -0.39 is 10.0 Å². The largest absolute Gasteiger partial charge is 0.366 e. The summed E-state index contributed by atoms with van der Waals surface area (Å²) in [6.45, 7) is 4.92. The highest BCUT2D eigenvalue weighted by Gasteiger charge is 2.49. The fraction of sp³-hybridized carbons (Fsp3) is 0.457. The number of H-pyrrole nitrogens is 1. The molecule has 2 fully saturated rings. The van der Waals surface area contributed by atoms with Gasteiger partial charge in [-0.2, -0.15) is 0 Å². The Balaban J connectivity index is 1.30. The Morgan fingerprint density at radius 3 is 2.26 bits per heavy atom. The number of nitrogens with one attached hydrogen (secondary N) is 4. The maximum atomic E-state index is 14.0. The SMILES string of the molecule is CC(=N)/C(=C(/C)NCOCCS(C)(C)C)c1ccc(NC(=O)C(c2nc(-c3ccccc3)c[nH]2)C(C2CC2)C2CC2)cc1. The van der Waals surface area contributed by atoms with E-state index in [1.807, 2.05) is 67.7 Å². The molecule has 2 aromatic carbocycles. The summed E-state index contributed by atoms with van der Waals surface area (Å²) < 4.78 is 5.81. The van der Waals surface area contributed by atoms with Crippen LogP contribution in [0.25, 0.3) is 16.8 Å². The van der Waals surface area contributed by atoms with Crippen LogP contribution in [0.4, 0.5) is 5.69 Å². The second kappa shape index (κ2) is 13.5. The van der Waals surface area contributed by atoms with Crippen LogP contribution in [0.3, 0.4) is 0 Å². The normalized spacial score (nSPS) is 16.9. The van der Waals surface area contributed by atoms with Crippen molar-refractivity contribution in [2.75, 3.05) is 43.2 Å². The Hall–Kier alpha value is -3.36. The Labute approximate surface area is 258 Å². The molecular weight excluding hydrogens is 554 g/mol. The van der Waals surface area contributed by atoms with E-state index in [0.717, 1.165) is 52.0 Å². The molecule has 2 aliphatic carbocycles. The first-order chi connectivity index (χ1) is 20.6. The maximum Gasteiger partial charge on any atom is 0.235 e. The average Bonchev–Trinajstić information content (AvgIpc) is 3.91. The number of nitrogens with zero attached hydrogens (tertiary/aromatic N) is 1. The standard InChI is InChI=1S/C35H47N5O2S/c1-23(36)31(24(2)38-22-42-19-20-43(3,4)5)26-15-17-29(18-16-26)39-35(41)33(32(27-11-12-27)28-13-14-28)34-37-21-30(40-34)25-9-7-6-8-10-25/h6-10,15-18,21,27-28,32-33,36,38H,11-14,19-20,22H2,1-5H3,(H,37,40)(H,39,41)/b31-24+,36-23?. The number of aromatic amines is 1. The van der Waals surface area contributed by atoms with Crippen molar-refractivity contribution in [2.45, 2.75) is 45.4 Å². The Morgan fingerprint density at radius 2 is 1.67 bits per heavy atom. The number of benzene rings is 2. The number of aromatic nitrogens is 2. The number of anilines is 1. The topological polar surface area (TPSA) is 103 Å². The van der Waals surface area contributed by atoms with Crippen LogP contribution in [0.15, 0.2) is 66.5 Å². The van der Waals surface area contributed by atoms with E-state index in [9.17, 15) is 4.79 Å². The summed E-state index contributed by atoms with van der Waals surface area (Å²) in [6.07, 6.45) is 13.6. The number of allylic oxidation sites excluding steroid dienone is 2. The molecule has 4 N–H and O–H groups in total. The minimum Gasteiger partial charge on any atom is -0.366 e. The van der Waals surface area contributed by atoms with Crippen LogP contribution in [-0.2, 0) is 9.53 Å². The van der Waals surface area contributed by atoms with E-state index in [4.69, 9.17) is 15.1 Å². The van der Waals surface area contributed by atoms with Crippen LogP contribution < -0.4 is 10.6 Å². The Kier molecular flexibility index (Phi) is 9.77. The molecule has 8 heteroatoms. The lowest BCUT2D eigenvalue weighted by Crippen LogP contribution is -2.31. The minimum atomic E-state index is -0.584. The molecule has 1 heterocycles. The number of carbonyl (C=O) groups is 1. The summed E-state index contributed by atoms with van der Waals surface area (Å²) in [5.74, 6) is 3.00. The molecule has 0 radical (unpaired) electrons. The smallest absolute Gasteiger partial charge is 0.235 e. The van der Waals surface area contributed by atoms with Crippen molar-refractivity contribution in [3.8, 4) is 11.3 Å². The summed E-state index contributed by atoms with van der Waals surface area (Å²) >= 11 is 0. The van der Waals surface area contributed by atoms with Crippen LogP contribution in [-0.4, -0.2) is 59.4 Å². The van der Waals surface area contributed by atoms with Crippen molar-refractivity contribution >= 4 is 32.9 Å². The number of ether oxygens (including phenoxy) is 1. The quantitative estimate of drug-likeness (QED) is 0.0836. The van der Waals surface area contributed by atoms with E-state index >= 15 is 0 Å². The number of hydrogen-bond donors (Lipinski definition) is 4. The van der Waals surface area contributed by atoms with Crippen LogP contribution >= 0.6 is 10.0 Å². The van der Waals surface area contributed by atoms with Crippen molar-refractivity contribution in [1.29, 1.82) is 5.41 Å². The van der Waals surface area contributed by atoms with Gasteiger partial charge in [-0.25, -0.2) is 15.0 Å². The number of amides is 1. The summed E-state index contributed by atoms with van der Waals surface area (Å²) in [4.78, 5) is 22.3. The van der Waals surface area contributed by atoms with Crippen LogP contribution in [0.5, 0.6) is 0 Å². The average molecular weight is 602 g/mol. The lowest BCUT2D eigenvalue weighted by molar-refractivity contribution is -0.119. The van der Waals surface area contributed by atoms with Crippen LogP contribution in [0.2, 0.25) is 0 Å². The van der Waals surface area contributed by atoms with E-state index in [0.29, 0.717) is 30.2 Å². The van der Waals surface area contributed by atoms with Crippen molar-refractivity contribution < 1.29 is 9.53 Å².